The summed E-state index contributed by atoms with van der Waals surface area (Å²) in [4.78, 5) is 4.04. The molecule has 0 bridgehead atoms. The van der Waals surface area contributed by atoms with Gasteiger partial charge in [0.15, 0.2) is 0 Å². The van der Waals surface area contributed by atoms with Crippen molar-refractivity contribution in [2.45, 2.75) is 12.8 Å². The van der Waals surface area contributed by atoms with E-state index in [1.54, 1.807) is 0 Å². The highest BCUT2D eigenvalue weighted by molar-refractivity contribution is 5.45. The molecule has 2 heterocycles. The Kier molecular flexibility index (Phi) is 2.18. The number of piperidine rings is 1. The lowest BCUT2D eigenvalue weighted by Crippen LogP contribution is -2.23. The fraction of sp³-hybridized carbons (Fsp3) is 0.500. The van der Waals surface area contributed by atoms with Crippen LogP contribution in [0.2, 0.25) is 0 Å². The van der Waals surface area contributed by atoms with Crippen LogP contribution < -0.4 is 5.32 Å². The average molecular weight is 164 g/mol. The second kappa shape index (κ2) is 3.49. The third-order valence-electron chi connectivity index (χ3n) is 1.98. The zero-order chi connectivity index (χ0) is 8.23. The maximum Gasteiger partial charge on any atom is 0.148 e. The molecular weight excluding hydrogens is 152 g/mol. The minimum Gasteiger partial charge on any atom is -0.313 e. The van der Waals surface area contributed by atoms with Crippen LogP contribution in [0.4, 0.5) is 0 Å². The van der Waals surface area contributed by atoms with E-state index >= 15 is 0 Å². The van der Waals surface area contributed by atoms with Crippen LogP contribution in [-0.2, 0) is 0 Å². The molecule has 1 fully saturated rings. The van der Waals surface area contributed by atoms with E-state index in [0.717, 1.165) is 18.9 Å². The zero-order valence-electron chi connectivity index (χ0n) is 6.88. The summed E-state index contributed by atoms with van der Waals surface area (Å²) >= 11 is 0. The highest BCUT2D eigenvalue weighted by Gasteiger charge is 2.04. The van der Waals surface area contributed by atoms with Gasteiger partial charge in [-0.1, -0.05) is 5.57 Å². The lowest BCUT2D eigenvalue weighted by molar-refractivity contribution is 0.613. The van der Waals surface area contributed by atoms with Crippen LogP contribution in [0.25, 0.3) is 6.08 Å². The van der Waals surface area contributed by atoms with Gasteiger partial charge in [0.1, 0.15) is 12.2 Å². The molecule has 0 saturated carbocycles. The van der Waals surface area contributed by atoms with Crippen molar-refractivity contribution in [1.82, 2.24) is 20.5 Å². The quantitative estimate of drug-likeness (QED) is 0.638. The summed E-state index contributed by atoms with van der Waals surface area (Å²) in [6.45, 7) is 2.12. The molecule has 4 heteroatoms. The van der Waals surface area contributed by atoms with Gasteiger partial charge in [0.05, 0.1) is 0 Å². The highest BCUT2D eigenvalue weighted by Crippen LogP contribution is 2.10. The number of rotatable bonds is 1. The first-order valence-electron chi connectivity index (χ1n) is 4.21. The van der Waals surface area contributed by atoms with E-state index in [-0.39, 0.29) is 0 Å². The third kappa shape index (κ3) is 1.71. The number of hydrogen-bond donors (Lipinski definition) is 2. The number of H-pyrrole nitrogens is 1. The Hall–Kier alpha value is -1.16. The van der Waals surface area contributed by atoms with Gasteiger partial charge in [-0.25, -0.2) is 4.98 Å². The molecule has 64 valence electrons. The van der Waals surface area contributed by atoms with Gasteiger partial charge in [0, 0.05) is 6.54 Å². The molecule has 1 aliphatic heterocycles. The van der Waals surface area contributed by atoms with E-state index in [1.807, 2.05) is 0 Å². The molecule has 0 unspecified atom stereocenters. The third-order valence-corrected chi connectivity index (χ3v) is 1.98. The van der Waals surface area contributed by atoms with E-state index in [0.29, 0.717) is 0 Å². The van der Waals surface area contributed by atoms with Crippen molar-refractivity contribution in [1.29, 1.82) is 0 Å². The normalized spacial score (nSPS) is 21.5. The summed E-state index contributed by atoms with van der Waals surface area (Å²) in [6, 6.07) is 0. The molecule has 0 amide bonds. The van der Waals surface area contributed by atoms with Gasteiger partial charge in [-0.05, 0) is 25.5 Å². The molecule has 2 N–H and O–H groups in total. The Morgan fingerprint density at radius 1 is 1.50 bits per heavy atom. The smallest absolute Gasteiger partial charge is 0.148 e. The Labute approximate surface area is 71.1 Å². The summed E-state index contributed by atoms with van der Waals surface area (Å²) in [5.41, 5.74) is 1.40. The van der Waals surface area contributed by atoms with Crippen LogP contribution in [-0.4, -0.2) is 28.3 Å². The molecule has 0 radical (unpaired) electrons. The van der Waals surface area contributed by atoms with E-state index in [4.69, 9.17) is 0 Å². The summed E-state index contributed by atoms with van der Waals surface area (Å²) in [5, 5.41) is 9.92. The molecule has 1 saturated heterocycles. The van der Waals surface area contributed by atoms with Crippen molar-refractivity contribution in [3.8, 4) is 0 Å². The maximum atomic E-state index is 4.04. The van der Waals surface area contributed by atoms with Gasteiger partial charge in [0.2, 0.25) is 0 Å². The summed E-state index contributed by atoms with van der Waals surface area (Å²) in [6.07, 6.45) is 6.00. The molecule has 0 aromatic carbocycles. The number of hydrogen-bond acceptors (Lipinski definition) is 3. The molecule has 1 aromatic rings. The lowest BCUT2D eigenvalue weighted by atomic mass is 10.1. The van der Waals surface area contributed by atoms with Crippen molar-refractivity contribution in [2.24, 2.45) is 0 Å². The van der Waals surface area contributed by atoms with Crippen molar-refractivity contribution in [3.63, 3.8) is 0 Å². The molecule has 0 atom stereocenters. The molecule has 12 heavy (non-hydrogen) atoms. The van der Waals surface area contributed by atoms with Gasteiger partial charge < -0.3 is 5.32 Å². The number of nitrogens with one attached hydrogen (secondary N) is 2. The summed E-state index contributed by atoms with van der Waals surface area (Å²) in [5.74, 6) is 0.855. The van der Waals surface area contributed by atoms with Crippen LogP contribution in [0, 0.1) is 0 Å². The molecule has 1 aromatic heterocycles. The van der Waals surface area contributed by atoms with Crippen LogP contribution in [0.3, 0.4) is 0 Å². The summed E-state index contributed by atoms with van der Waals surface area (Å²) < 4.78 is 0. The Morgan fingerprint density at radius 2 is 2.50 bits per heavy atom. The first-order chi connectivity index (χ1) is 5.95. The van der Waals surface area contributed by atoms with Gasteiger partial charge >= 0.3 is 0 Å². The van der Waals surface area contributed by atoms with Crippen LogP contribution >= 0.6 is 0 Å². The highest BCUT2D eigenvalue weighted by atomic mass is 15.2. The summed E-state index contributed by atoms with van der Waals surface area (Å²) in [7, 11) is 0. The molecular formula is C8H12N4. The largest absolute Gasteiger partial charge is 0.313 e. The zero-order valence-corrected chi connectivity index (χ0v) is 6.88. The van der Waals surface area contributed by atoms with Crippen LogP contribution in [0.5, 0.6) is 0 Å². The SMILES string of the molecule is C(=C1CCCNC1)c1ncn[nH]1. The first kappa shape index (κ1) is 7.49. The number of aromatic nitrogens is 3. The van der Waals surface area contributed by atoms with Gasteiger partial charge in [-0.15, -0.1) is 0 Å². The molecule has 1 aliphatic rings. The van der Waals surface area contributed by atoms with Crippen LogP contribution in [0.15, 0.2) is 11.9 Å². The second-order valence-corrected chi connectivity index (χ2v) is 2.95. The molecule has 2 rings (SSSR count). The standard InChI is InChI=1S/C8H12N4/c1-2-7(5-9-3-1)4-8-10-6-11-12-8/h4,6,9H,1-3,5H2,(H,10,11,12). The van der Waals surface area contributed by atoms with Crippen molar-refractivity contribution in [3.05, 3.63) is 17.7 Å². The van der Waals surface area contributed by atoms with Crippen molar-refractivity contribution >= 4 is 6.08 Å². The molecule has 0 spiro atoms. The first-order valence-corrected chi connectivity index (χ1v) is 4.21. The topological polar surface area (TPSA) is 53.6 Å². The number of aromatic amines is 1. The lowest BCUT2D eigenvalue weighted by Gasteiger charge is -2.14. The minimum atomic E-state index is 0.855. The van der Waals surface area contributed by atoms with E-state index in [9.17, 15) is 0 Å². The second-order valence-electron chi connectivity index (χ2n) is 2.95. The van der Waals surface area contributed by atoms with E-state index in [2.05, 4.69) is 26.6 Å². The molecule has 4 nitrogen and oxygen atoms in total. The monoisotopic (exact) mass is 164 g/mol. The maximum absolute atomic E-state index is 4.04. The van der Waals surface area contributed by atoms with Gasteiger partial charge in [0.25, 0.3) is 0 Å². The predicted molar refractivity (Wildman–Crippen MR) is 46.5 cm³/mol. The Balaban J connectivity index is 2.07. The van der Waals surface area contributed by atoms with Crippen molar-refractivity contribution < 1.29 is 0 Å². The molecule has 0 aliphatic carbocycles. The average Bonchev–Trinajstić information content (AvgIpc) is 2.59. The van der Waals surface area contributed by atoms with E-state index in [1.165, 1.54) is 24.7 Å². The van der Waals surface area contributed by atoms with Crippen molar-refractivity contribution in [2.75, 3.05) is 13.1 Å². The van der Waals surface area contributed by atoms with Gasteiger partial charge in [-0.3, -0.25) is 5.10 Å². The van der Waals surface area contributed by atoms with Gasteiger partial charge in [-0.2, -0.15) is 5.10 Å². The Morgan fingerprint density at radius 3 is 3.17 bits per heavy atom. The predicted octanol–water partition coefficient (Wildman–Crippen LogP) is 0.572. The number of nitrogens with zero attached hydrogens (tertiary/aromatic N) is 2. The van der Waals surface area contributed by atoms with E-state index < -0.39 is 0 Å². The fourth-order valence-electron chi connectivity index (χ4n) is 1.38. The minimum absolute atomic E-state index is 0.855. The fourth-order valence-corrected chi connectivity index (χ4v) is 1.38. The Bertz CT molecular complexity index is 255. The van der Waals surface area contributed by atoms with Crippen LogP contribution in [0.1, 0.15) is 18.7 Å².